The highest BCUT2D eigenvalue weighted by Crippen LogP contribution is 2.37. The lowest BCUT2D eigenvalue weighted by Crippen LogP contribution is -2.58. The van der Waals surface area contributed by atoms with Crippen LogP contribution in [0.15, 0.2) is 24.3 Å². The van der Waals surface area contributed by atoms with Gasteiger partial charge in [-0.05, 0) is 44.0 Å². The van der Waals surface area contributed by atoms with Gasteiger partial charge in [0.2, 0.25) is 11.8 Å². The Bertz CT molecular complexity index is 775. The lowest BCUT2D eigenvalue weighted by Gasteiger charge is -2.39. The van der Waals surface area contributed by atoms with Gasteiger partial charge in [0, 0.05) is 25.2 Å². The number of anilines is 1. The van der Waals surface area contributed by atoms with E-state index in [2.05, 4.69) is 21.3 Å². The Morgan fingerprint density at radius 3 is 2.86 bits per heavy atom. The lowest BCUT2D eigenvalue weighted by molar-refractivity contribution is -0.130. The first-order valence-corrected chi connectivity index (χ1v) is 9.93. The third kappa shape index (κ3) is 4.67. The van der Waals surface area contributed by atoms with Crippen LogP contribution >= 0.6 is 0 Å². The van der Waals surface area contributed by atoms with Crippen LogP contribution in [0.2, 0.25) is 0 Å². The zero-order valence-corrected chi connectivity index (χ0v) is 16.4. The van der Waals surface area contributed by atoms with Crippen LogP contribution in [0.1, 0.15) is 31.7 Å². The molecule has 2 saturated heterocycles. The van der Waals surface area contributed by atoms with E-state index < -0.39 is 17.7 Å². The van der Waals surface area contributed by atoms with E-state index in [1.54, 1.807) is 31.2 Å². The third-order valence-corrected chi connectivity index (χ3v) is 5.40. The number of carbonyl (C=O) groups is 3. The number of alkyl carbamates (subject to hydrolysis) is 1. The van der Waals surface area contributed by atoms with Crippen LogP contribution in [-0.2, 0) is 19.7 Å². The average Bonchev–Trinajstić information content (AvgIpc) is 3.12. The number of nitrogens with one attached hydrogen (secondary N) is 4. The summed E-state index contributed by atoms with van der Waals surface area (Å²) in [6.07, 6.45) is -1.24. The fraction of sp³-hybridized carbons (Fsp3) is 0.550. The van der Waals surface area contributed by atoms with Gasteiger partial charge in [-0.3, -0.25) is 9.59 Å². The number of hydrogen-bond acceptors (Lipinski definition) is 5. The van der Waals surface area contributed by atoms with Crippen LogP contribution in [0, 0.1) is 0 Å². The average molecular weight is 406 g/mol. The van der Waals surface area contributed by atoms with Crippen LogP contribution in [0.4, 0.5) is 14.9 Å². The van der Waals surface area contributed by atoms with Gasteiger partial charge in [-0.2, -0.15) is 0 Å². The lowest BCUT2D eigenvalue weighted by atomic mass is 9.71. The molecule has 2 aliphatic heterocycles. The molecule has 9 heteroatoms. The van der Waals surface area contributed by atoms with Crippen molar-refractivity contribution in [2.45, 2.75) is 43.9 Å². The van der Waals surface area contributed by atoms with Gasteiger partial charge in [0.05, 0.1) is 6.54 Å². The molecule has 1 aromatic rings. The van der Waals surface area contributed by atoms with E-state index in [0.717, 1.165) is 0 Å². The molecule has 0 spiro atoms. The van der Waals surface area contributed by atoms with E-state index in [9.17, 15) is 14.4 Å². The minimum absolute atomic E-state index is 0.0991. The molecule has 0 aromatic heterocycles. The molecule has 1 aromatic carbocycles. The maximum Gasteiger partial charge on any atom is 0.407 e. The second-order valence-corrected chi connectivity index (χ2v) is 7.33. The Kier molecular flexibility index (Phi) is 6.68. The first-order valence-electron chi connectivity index (χ1n) is 9.93. The van der Waals surface area contributed by atoms with Gasteiger partial charge in [-0.15, -0.1) is 0 Å². The number of piperidine rings is 1. The van der Waals surface area contributed by atoms with Gasteiger partial charge >= 0.3 is 6.09 Å². The maximum absolute atomic E-state index is 15.0. The van der Waals surface area contributed by atoms with Crippen LogP contribution in [0.25, 0.3) is 0 Å². The highest BCUT2D eigenvalue weighted by atomic mass is 19.1. The van der Waals surface area contributed by atoms with Crippen LogP contribution in [-0.4, -0.2) is 56.4 Å². The van der Waals surface area contributed by atoms with Crippen molar-refractivity contribution in [2.24, 2.45) is 0 Å². The molecule has 4 N–H and O–H groups in total. The normalized spacial score (nSPS) is 26.3. The Balaban J connectivity index is 1.72. The van der Waals surface area contributed by atoms with E-state index in [0.29, 0.717) is 43.7 Å². The summed E-state index contributed by atoms with van der Waals surface area (Å²) in [6.45, 7) is 3.23. The van der Waals surface area contributed by atoms with Crippen molar-refractivity contribution in [2.75, 3.05) is 31.5 Å². The topological polar surface area (TPSA) is 109 Å². The Hall–Kier alpha value is -2.68. The molecule has 2 heterocycles. The van der Waals surface area contributed by atoms with E-state index in [1.807, 2.05) is 0 Å². The Morgan fingerprint density at radius 2 is 2.17 bits per heavy atom. The molecule has 3 amide bonds. The highest BCUT2D eigenvalue weighted by molar-refractivity contribution is 5.92. The molecular formula is C20H27FN4O4. The van der Waals surface area contributed by atoms with Crippen LogP contribution < -0.4 is 21.3 Å². The second kappa shape index (κ2) is 9.21. The first kappa shape index (κ1) is 21.0. The molecule has 0 radical (unpaired) electrons. The SMILES string of the molecule is CCNC(=O)C1(c2cccc(NC(=O)CCC3CNC(=O)O3)c2)CCNCC1F. The molecule has 29 heavy (non-hydrogen) atoms. The van der Waals surface area contributed by atoms with Crippen LogP contribution in [0.5, 0.6) is 0 Å². The summed E-state index contributed by atoms with van der Waals surface area (Å²) >= 11 is 0. The molecule has 0 aliphatic carbocycles. The molecular weight excluding hydrogens is 379 g/mol. The van der Waals surface area contributed by atoms with Crippen molar-refractivity contribution in [3.05, 3.63) is 29.8 Å². The van der Waals surface area contributed by atoms with Gasteiger partial charge in [0.15, 0.2) is 0 Å². The largest absolute Gasteiger partial charge is 0.444 e. The summed E-state index contributed by atoms with van der Waals surface area (Å²) in [7, 11) is 0. The third-order valence-electron chi connectivity index (χ3n) is 5.40. The predicted octanol–water partition coefficient (Wildman–Crippen LogP) is 1.22. The fourth-order valence-electron chi connectivity index (χ4n) is 3.86. The smallest absolute Gasteiger partial charge is 0.407 e. The van der Waals surface area contributed by atoms with E-state index in [1.165, 1.54) is 0 Å². The molecule has 3 atom stereocenters. The van der Waals surface area contributed by atoms with E-state index in [-0.39, 0.29) is 30.9 Å². The predicted molar refractivity (Wildman–Crippen MR) is 105 cm³/mol. The summed E-state index contributed by atoms with van der Waals surface area (Å²) in [5.74, 6) is -0.577. The molecule has 0 bridgehead atoms. The maximum atomic E-state index is 15.0. The molecule has 158 valence electrons. The number of hydrogen-bond donors (Lipinski definition) is 4. The van der Waals surface area contributed by atoms with Gasteiger partial charge in [-0.25, -0.2) is 9.18 Å². The molecule has 3 rings (SSSR count). The number of cyclic esters (lactones) is 1. The summed E-state index contributed by atoms with van der Waals surface area (Å²) in [5, 5.41) is 11.1. The molecule has 2 fully saturated rings. The number of likely N-dealkylation sites (N-methyl/N-ethyl adjacent to an activating group) is 1. The van der Waals surface area contributed by atoms with Crippen LogP contribution in [0.3, 0.4) is 0 Å². The fourth-order valence-corrected chi connectivity index (χ4v) is 3.86. The number of halogens is 1. The summed E-state index contributed by atoms with van der Waals surface area (Å²) in [4.78, 5) is 36.1. The molecule has 3 unspecified atom stereocenters. The molecule has 0 saturated carbocycles. The highest BCUT2D eigenvalue weighted by Gasteiger charge is 2.49. The van der Waals surface area contributed by atoms with Crippen molar-refractivity contribution in [3.8, 4) is 0 Å². The number of carbonyl (C=O) groups excluding carboxylic acids is 3. The Labute approximate surface area is 168 Å². The van der Waals surface area contributed by atoms with Gasteiger partial charge < -0.3 is 26.0 Å². The van der Waals surface area contributed by atoms with E-state index in [4.69, 9.17) is 4.74 Å². The number of alkyl halides is 1. The molecule has 8 nitrogen and oxygen atoms in total. The monoisotopic (exact) mass is 406 g/mol. The van der Waals surface area contributed by atoms with Crippen molar-refractivity contribution in [1.82, 2.24) is 16.0 Å². The van der Waals surface area contributed by atoms with Crippen molar-refractivity contribution < 1.29 is 23.5 Å². The van der Waals surface area contributed by atoms with Crippen molar-refractivity contribution >= 4 is 23.6 Å². The minimum atomic E-state index is -1.38. The van der Waals surface area contributed by atoms with Crippen molar-refractivity contribution in [3.63, 3.8) is 0 Å². The second-order valence-electron chi connectivity index (χ2n) is 7.33. The summed E-state index contributed by atoms with van der Waals surface area (Å²) in [5.41, 5.74) is -0.237. The van der Waals surface area contributed by atoms with Crippen molar-refractivity contribution in [1.29, 1.82) is 0 Å². The zero-order valence-electron chi connectivity index (χ0n) is 16.4. The minimum Gasteiger partial charge on any atom is -0.444 e. The number of amides is 3. The van der Waals surface area contributed by atoms with Gasteiger partial charge in [0.25, 0.3) is 0 Å². The standard InChI is InChI=1S/C20H27FN4O4/c1-2-23-18(27)20(8-9-22-12-16(20)21)13-4-3-5-14(10-13)25-17(26)7-6-15-11-24-19(28)29-15/h3-5,10,15-16,22H,2,6-9,11-12H2,1H3,(H,23,27)(H,24,28)(H,25,26). The molecule has 2 aliphatic rings. The number of benzene rings is 1. The van der Waals surface area contributed by atoms with Gasteiger partial charge in [0.1, 0.15) is 17.7 Å². The van der Waals surface area contributed by atoms with Gasteiger partial charge in [-0.1, -0.05) is 12.1 Å². The van der Waals surface area contributed by atoms with E-state index >= 15 is 4.39 Å². The quantitative estimate of drug-likeness (QED) is 0.545. The number of rotatable bonds is 7. The summed E-state index contributed by atoms with van der Waals surface area (Å²) in [6, 6.07) is 6.82. The Morgan fingerprint density at radius 1 is 1.34 bits per heavy atom. The first-order chi connectivity index (χ1) is 14.0. The zero-order chi connectivity index (χ0) is 20.9. The number of ether oxygens (including phenoxy) is 1. The summed E-state index contributed by atoms with van der Waals surface area (Å²) < 4.78 is 20.0.